The van der Waals surface area contributed by atoms with Crippen molar-refractivity contribution in [3.05, 3.63) is 29.0 Å². The largest absolute Gasteiger partial charge is 0.244 e. The van der Waals surface area contributed by atoms with E-state index < -0.39 is 0 Å². The maximum atomic E-state index is 5.81. The van der Waals surface area contributed by atoms with E-state index in [0.717, 1.165) is 0 Å². The average Bonchev–Trinajstić information content (AvgIpc) is 2.31. The normalized spacial score (nSPS) is 11.0. The van der Waals surface area contributed by atoms with Gasteiger partial charge < -0.3 is 0 Å². The summed E-state index contributed by atoms with van der Waals surface area (Å²) in [6.45, 7) is 4.49. The highest BCUT2D eigenvalue weighted by Gasteiger charge is 2.10. The number of halogens is 1. The van der Waals surface area contributed by atoms with Crippen LogP contribution in [0, 0.1) is 0 Å². The zero-order valence-electron chi connectivity index (χ0n) is 10.4. The number of pyridine rings is 1. The first-order valence-electron chi connectivity index (χ1n) is 6.39. The van der Waals surface area contributed by atoms with Crippen LogP contribution in [-0.2, 0) is 0 Å². The smallest absolute Gasteiger partial charge is 0.129 e. The van der Waals surface area contributed by atoms with E-state index in [4.69, 9.17) is 11.6 Å². The summed E-state index contributed by atoms with van der Waals surface area (Å²) in [5, 5.41) is 0.591. The molecule has 0 amide bonds. The van der Waals surface area contributed by atoms with E-state index in [0.29, 0.717) is 11.1 Å². The summed E-state index contributed by atoms with van der Waals surface area (Å²) in [5.41, 5.74) is 1.35. The zero-order chi connectivity index (χ0) is 11.8. The van der Waals surface area contributed by atoms with Crippen LogP contribution in [0.15, 0.2) is 18.3 Å². The van der Waals surface area contributed by atoms with Gasteiger partial charge in [0.15, 0.2) is 0 Å². The Balaban J connectivity index is 2.62. The third kappa shape index (κ3) is 4.52. The maximum Gasteiger partial charge on any atom is 0.129 e. The highest BCUT2D eigenvalue weighted by atomic mass is 35.5. The molecular weight excluding hydrogens is 218 g/mol. The lowest BCUT2D eigenvalue weighted by molar-refractivity contribution is 0.524. The van der Waals surface area contributed by atoms with Gasteiger partial charge in [-0.1, -0.05) is 57.2 Å². The molecule has 0 aliphatic rings. The second-order valence-electron chi connectivity index (χ2n) is 4.40. The molecule has 0 aliphatic heterocycles. The van der Waals surface area contributed by atoms with E-state index in [1.54, 1.807) is 0 Å². The molecule has 1 aromatic rings. The fourth-order valence-corrected chi connectivity index (χ4v) is 2.12. The molecule has 0 N–H and O–H groups in total. The summed E-state index contributed by atoms with van der Waals surface area (Å²) in [7, 11) is 0. The molecule has 1 rings (SSSR count). The van der Waals surface area contributed by atoms with Gasteiger partial charge in [0.25, 0.3) is 0 Å². The molecule has 0 fully saturated rings. The van der Waals surface area contributed by atoms with Crippen LogP contribution in [0.3, 0.4) is 0 Å². The average molecular weight is 240 g/mol. The van der Waals surface area contributed by atoms with Crippen LogP contribution in [0.1, 0.15) is 63.9 Å². The fourth-order valence-electron chi connectivity index (χ4n) is 2.01. The third-order valence-electron chi connectivity index (χ3n) is 3.03. The number of hydrogen-bond donors (Lipinski definition) is 0. The van der Waals surface area contributed by atoms with Crippen molar-refractivity contribution in [2.45, 2.75) is 58.3 Å². The number of nitrogens with zero attached hydrogens (tertiary/aromatic N) is 1. The molecule has 0 saturated heterocycles. The van der Waals surface area contributed by atoms with Gasteiger partial charge in [0.05, 0.1) is 0 Å². The number of hydrogen-bond acceptors (Lipinski definition) is 1. The van der Waals surface area contributed by atoms with Gasteiger partial charge in [0, 0.05) is 6.20 Å². The van der Waals surface area contributed by atoms with Crippen molar-refractivity contribution in [1.29, 1.82) is 0 Å². The highest BCUT2D eigenvalue weighted by Crippen LogP contribution is 2.27. The lowest BCUT2D eigenvalue weighted by atomic mass is 9.90. The van der Waals surface area contributed by atoms with Crippen molar-refractivity contribution in [2.24, 2.45) is 0 Å². The summed E-state index contributed by atoms with van der Waals surface area (Å²) in [6.07, 6.45) is 9.64. The number of aromatic nitrogens is 1. The SMILES string of the molecule is CCCCC(CCCC)c1ccc(Cl)nc1. The molecule has 1 heterocycles. The second-order valence-corrected chi connectivity index (χ2v) is 4.78. The number of unbranched alkanes of at least 4 members (excludes halogenated alkanes) is 2. The van der Waals surface area contributed by atoms with E-state index >= 15 is 0 Å². The molecule has 0 radical (unpaired) electrons. The first-order valence-corrected chi connectivity index (χ1v) is 6.77. The molecule has 0 aliphatic carbocycles. The molecule has 1 aromatic heterocycles. The third-order valence-corrected chi connectivity index (χ3v) is 3.26. The Bertz CT molecular complexity index is 273. The first kappa shape index (κ1) is 13.5. The highest BCUT2D eigenvalue weighted by molar-refractivity contribution is 6.29. The van der Waals surface area contributed by atoms with Crippen molar-refractivity contribution in [3.63, 3.8) is 0 Å². The first-order chi connectivity index (χ1) is 7.77. The maximum absolute atomic E-state index is 5.81. The molecule has 90 valence electrons. The van der Waals surface area contributed by atoms with Gasteiger partial charge >= 0.3 is 0 Å². The lowest BCUT2D eigenvalue weighted by Gasteiger charge is -2.16. The fraction of sp³-hybridized carbons (Fsp3) is 0.643. The summed E-state index contributed by atoms with van der Waals surface area (Å²) in [5.74, 6) is 0.671. The molecule has 2 heteroatoms. The number of rotatable bonds is 7. The minimum Gasteiger partial charge on any atom is -0.244 e. The van der Waals surface area contributed by atoms with Gasteiger partial charge in [0.1, 0.15) is 5.15 Å². The predicted octanol–water partition coefficient (Wildman–Crippen LogP) is 5.20. The van der Waals surface area contributed by atoms with Crippen LogP contribution >= 0.6 is 11.6 Å². The van der Waals surface area contributed by atoms with Gasteiger partial charge in [-0.3, -0.25) is 0 Å². The van der Waals surface area contributed by atoms with Crippen molar-refractivity contribution in [2.75, 3.05) is 0 Å². The van der Waals surface area contributed by atoms with Crippen LogP contribution in [0.25, 0.3) is 0 Å². The molecule has 0 bridgehead atoms. The Morgan fingerprint density at radius 1 is 1.12 bits per heavy atom. The Labute approximate surface area is 104 Å². The molecule has 0 aromatic carbocycles. The van der Waals surface area contributed by atoms with Crippen molar-refractivity contribution < 1.29 is 0 Å². The Morgan fingerprint density at radius 3 is 2.19 bits per heavy atom. The van der Waals surface area contributed by atoms with E-state index in [9.17, 15) is 0 Å². The summed E-state index contributed by atoms with van der Waals surface area (Å²) in [4.78, 5) is 4.18. The Kier molecular flexibility index (Phi) is 6.47. The molecular formula is C14H22ClN. The van der Waals surface area contributed by atoms with Gasteiger partial charge in [-0.15, -0.1) is 0 Å². The lowest BCUT2D eigenvalue weighted by Crippen LogP contribution is -2.00. The van der Waals surface area contributed by atoms with Gasteiger partial charge in [-0.05, 0) is 30.4 Å². The quantitative estimate of drug-likeness (QED) is 0.596. The van der Waals surface area contributed by atoms with Gasteiger partial charge in [-0.2, -0.15) is 0 Å². The summed E-state index contributed by atoms with van der Waals surface area (Å²) in [6, 6.07) is 4.03. The van der Waals surface area contributed by atoms with Crippen molar-refractivity contribution in [3.8, 4) is 0 Å². The van der Waals surface area contributed by atoms with Crippen molar-refractivity contribution >= 4 is 11.6 Å². The van der Waals surface area contributed by atoms with Crippen LogP contribution in [0.4, 0.5) is 0 Å². The topological polar surface area (TPSA) is 12.9 Å². The molecule has 16 heavy (non-hydrogen) atoms. The van der Waals surface area contributed by atoms with E-state index in [1.165, 1.54) is 44.1 Å². The molecule has 0 spiro atoms. The molecule has 0 saturated carbocycles. The Morgan fingerprint density at radius 2 is 1.75 bits per heavy atom. The summed E-state index contributed by atoms with van der Waals surface area (Å²) < 4.78 is 0. The molecule has 0 atom stereocenters. The van der Waals surface area contributed by atoms with Crippen LogP contribution in [0.5, 0.6) is 0 Å². The monoisotopic (exact) mass is 239 g/mol. The van der Waals surface area contributed by atoms with E-state index in [2.05, 4.69) is 24.9 Å². The van der Waals surface area contributed by atoms with Crippen molar-refractivity contribution in [1.82, 2.24) is 4.98 Å². The van der Waals surface area contributed by atoms with Crippen LogP contribution < -0.4 is 0 Å². The minimum atomic E-state index is 0.591. The second kappa shape index (κ2) is 7.67. The zero-order valence-corrected chi connectivity index (χ0v) is 11.1. The van der Waals surface area contributed by atoms with Gasteiger partial charge in [-0.25, -0.2) is 4.98 Å². The van der Waals surface area contributed by atoms with E-state index in [1.807, 2.05) is 12.3 Å². The molecule has 0 unspecified atom stereocenters. The van der Waals surface area contributed by atoms with Gasteiger partial charge in [0.2, 0.25) is 0 Å². The van der Waals surface area contributed by atoms with Crippen LogP contribution in [0.2, 0.25) is 5.15 Å². The summed E-state index contributed by atoms with van der Waals surface area (Å²) >= 11 is 5.81. The van der Waals surface area contributed by atoms with Crippen LogP contribution in [-0.4, -0.2) is 4.98 Å². The Hall–Kier alpha value is -0.560. The minimum absolute atomic E-state index is 0.591. The standard InChI is InChI=1S/C14H22ClN/c1-3-5-7-12(8-6-4-2)13-9-10-14(15)16-11-13/h9-12H,3-8H2,1-2H3. The van der Waals surface area contributed by atoms with E-state index in [-0.39, 0.29) is 0 Å². The molecule has 1 nitrogen and oxygen atoms in total. The predicted molar refractivity (Wildman–Crippen MR) is 71.0 cm³/mol.